The number of anilines is 1. The van der Waals surface area contributed by atoms with E-state index in [1.54, 1.807) is 22.8 Å². The molecule has 0 unspecified atom stereocenters. The second kappa shape index (κ2) is 10.2. The number of hydrogen-bond donors (Lipinski definition) is 1. The largest absolute Gasteiger partial charge is 0.415 e. The second-order valence-electron chi connectivity index (χ2n) is 8.41. The fourth-order valence-corrected chi connectivity index (χ4v) is 5.12. The second-order valence-corrected chi connectivity index (χ2v) is 9.73. The molecule has 0 saturated heterocycles. The minimum absolute atomic E-state index is 0.0858. The van der Waals surface area contributed by atoms with Gasteiger partial charge in [-0.25, -0.2) is 9.78 Å². The zero-order chi connectivity index (χ0) is 25.2. The molecule has 0 bridgehead atoms. The van der Waals surface area contributed by atoms with Gasteiger partial charge in [-0.1, -0.05) is 88.2 Å². The Bertz CT molecular complexity index is 1440. The Labute approximate surface area is 221 Å². The van der Waals surface area contributed by atoms with Gasteiger partial charge in [-0.15, -0.1) is 0 Å². The van der Waals surface area contributed by atoms with E-state index in [0.29, 0.717) is 29.2 Å². The number of nitrogen functional groups attached to an aromatic ring is 1. The lowest BCUT2D eigenvalue weighted by Crippen LogP contribution is -2.43. The lowest BCUT2D eigenvalue weighted by Gasteiger charge is -2.29. The molecule has 0 spiro atoms. The number of amides is 1. The number of ether oxygens (including phenoxy) is 1. The van der Waals surface area contributed by atoms with Crippen molar-refractivity contribution in [3.8, 4) is 5.75 Å². The van der Waals surface area contributed by atoms with Crippen molar-refractivity contribution in [3.05, 3.63) is 121 Å². The molecule has 36 heavy (non-hydrogen) atoms. The molecule has 0 aliphatic carbocycles. The van der Waals surface area contributed by atoms with Crippen molar-refractivity contribution in [2.45, 2.75) is 19.0 Å². The van der Waals surface area contributed by atoms with Crippen LogP contribution in [-0.4, -0.2) is 27.1 Å². The topological polar surface area (TPSA) is 90.5 Å². The molecular formula is C27H22BrClN4O3. The zero-order valence-electron chi connectivity index (χ0n) is 19.1. The number of fused-ring (bicyclic) bond motifs is 1. The van der Waals surface area contributed by atoms with Gasteiger partial charge in [0.15, 0.2) is 5.75 Å². The van der Waals surface area contributed by atoms with E-state index in [2.05, 4.69) is 20.9 Å². The van der Waals surface area contributed by atoms with Crippen LogP contribution in [0.4, 0.5) is 10.7 Å². The first-order valence-corrected chi connectivity index (χ1v) is 12.5. The third kappa shape index (κ3) is 4.74. The minimum atomic E-state index is -0.569. The Balaban J connectivity index is 1.47. The Morgan fingerprint density at radius 2 is 1.67 bits per heavy atom. The van der Waals surface area contributed by atoms with Gasteiger partial charge in [0.1, 0.15) is 0 Å². The van der Waals surface area contributed by atoms with Crippen molar-refractivity contribution >= 4 is 39.6 Å². The number of nitrogens with zero attached hydrogens (tertiary/aromatic N) is 3. The number of benzene rings is 3. The fraction of sp³-hybridized carbons (Fsp3) is 0.148. The molecule has 0 saturated carbocycles. The molecule has 5 rings (SSSR count). The summed E-state index contributed by atoms with van der Waals surface area (Å²) < 4.78 is 7.80. The molecule has 3 aromatic carbocycles. The minimum Gasteiger partial charge on any atom is -0.409 e. The van der Waals surface area contributed by atoms with Gasteiger partial charge in [0.2, 0.25) is 5.95 Å². The van der Waals surface area contributed by atoms with E-state index in [1.165, 1.54) is 4.90 Å². The molecule has 182 valence electrons. The summed E-state index contributed by atoms with van der Waals surface area (Å²) in [5, 5.41) is 0.313. The maximum atomic E-state index is 13.8. The van der Waals surface area contributed by atoms with E-state index >= 15 is 0 Å². The summed E-state index contributed by atoms with van der Waals surface area (Å²) in [6.07, 6.45) is -0.234. The van der Waals surface area contributed by atoms with Crippen molar-refractivity contribution in [2.75, 3.05) is 12.3 Å². The third-order valence-corrected chi connectivity index (χ3v) is 6.92. The molecule has 0 fully saturated rings. The summed E-state index contributed by atoms with van der Waals surface area (Å²) in [4.78, 5) is 32.6. The predicted octanol–water partition coefficient (Wildman–Crippen LogP) is 5.44. The molecule has 4 aromatic rings. The maximum absolute atomic E-state index is 13.8. The number of halogens is 2. The van der Waals surface area contributed by atoms with E-state index in [4.69, 9.17) is 22.1 Å². The van der Waals surface area contributed by atoms with Crippen LogP contribution >= 0.6 is 27.5 Å². The quantitative estimate of drug-likeness (QED) is 0.356. The van der Waals surface area contributed by atoms with Crippen molar-refractivity contribution < 1.29 is 9.53 Å². The lowest BCUT2D eigenvalue weighted by molar-refractivity contribution is 0.146. The van der Waals surface area contributed by atoms with Crippen LogP contribution in [0.2, 0.25) is 5.02 Å². The van der Waals surface area contributed by atoms with Crippen LogP contribution in [0.25, 0.3) is 0 Å². The van der Waals surface area contributed by atoms with E-state index in [1.807, 2.05) is 60.7 Å². The highest BCUT2D eigenvalue weighted by molar-refractivity contribution is 9.10. The Morgan fingerprint density at radius 3 is 2.28 bits per heavy atom. The van der Waals surface area contributed by atoms with Crippen LogP contribution in [-0.2, 0) is 13.0 Å². The van der Waals surface area contributed by atoms with Gasteiger partial charge in [0.25, 0.3) is 5.56 Å². The highest BCUT2D eigenvalue weighted by Gasteiger charge is 2.29. The first-order chi connectivity index (χ1) is 17.4. The maximum Gasteiger partial charge on any atom is 0.415 e. The highest BCUT2D eigenvalue weighted by Crippen LogP contribution is 2.30. The van der Waals surface area contributed by atoms with Crippen LogP contribution in [0.1, 0.15) is 28.4 Å². The van der Waals surface area contributed by atoms with E-state index < -0.39 is 12.1 Å². The molecule has 7 nitrogen and oxygen atoms in total. The van der Waals surface area contributed by atoms with Crippen molar-refractivity contribution in [3.63, 3.8) is 0 Å². The molecule has 0 atom stereocenters. The normalized spacial score (nSPS) is 12.9. The first-order valence-electron chi connectivity index (χ1n) is 11.3. The van der Waals surface area contributed by atoms with Gasteiger partial charge in [-0.2, -0.15) is 0 Å². The number of carbonyl (C=O) groups excluding carboxylic acids is 1. The van der Waals surface area contributed by atoms with Crippen molar-refractivity contribution in [1.29, 1.82) is 0 Å². The standard InChI is InChI=1S/C27H22BrClN4O3/c28-19-11-12-23(21(29)15-19)36-27(35)32-14-13-20-22(16-32)31-26(30)33(25(20)34)24(17-7-3-1-4-8-17)18-9-5-2-6-10-18/h1-12,15,24H,13-14,16H2,(H2,30,31). The summed E-state index contributed by atoms with van der Waals surface area (Å²) in [6, 6.07) is 24.0. The van der Waals surface area contributed by atoms with Crippen molar-refractivity contribution in [2.24, 2.45) is 0 Å². The smallest absolute Gasteiger partial charge is 0.409 e. The van der Waals surface area contributed by atoms with Gasteiger partial charge < -0.3 is 15.4 Å². The predicted molar refractivity (Wildman–Crippen MR) is 142 cm³/mol. The summed E-state index contributed by atoms with van der Waals surface area (Å²) >= 11 is 9.51. The summed E-state index contributed by atoms with van der Waals surface area (Å²) in [5.74, 6) is 0.342. The van der Waals surface area contributed by atoms with Crippen LogP contribution in [0, 0.1) is 0 Å². The van der Waals surface area contributed by atoms with E-state index in [-0.39, 0.29) is 23.8 Å². The number of hydrogen-bond acceptors (Lipinski definition) is 5. The summed E-state index contributed by atoms with van der Waals surface area (Å²) in [6.45, 7) is 0.423. The number of carbonyl (C=O) groups is 1. The van der Waals surface area contributed by atoms with E-state index in [0.717, 1.165) is 15.6 Å². The fourth-order valence-electron chi connectivity index (χ4n) is 4.40. The highest BCUT2D eigenvalue weighted by atomic mass is 79.9. The van der Waals surface area contributed by atoms with Gasteiger partial charge in [-0.3, -0.25) is 9.36 Å². The van der Waals surface area contributed by atoms with Crippen LogP contribution < -0.4 is 16.0 Å². The van der Waals surface area contributed by atoms with Crippen molar-refractivity contribution in [1.82, 2.24) is 14.5 Å². The van der Waals surface area contributed by atoms with Crippen LogP contribution in [0.3, 0.4) is 0 Å². The van der Waals surface area contributed by atoms with Gasteiger partial charge in [0, 0.05) is 16.6 Å². The average Bonchev–Trinajstić information content (AvgIpc) is 2.88. The number of aromatic nitrogens is 2. The molecule has 1 aliphatic heterocycles. The van der Waals surface area contributed by atoms with Gasteiger partial charge in [-0.05, 0) is 35.7 Å². The summed E-state index contributed by atoms with van der Waals surface area (Å²) in [7, 11) is 0. The van der Waals surface area contributed by atoms with Crippen LogP contribution in [0.15, 0.2) is 88.1 Å². The molecule has 2 heterocycles. The lowest BCUT2D eigenvalue weighted by atomic mass is 9.97. The van der Waals surface area contributed by atoms with Gasteiger partial charge >= 0.3 is 6.09 Å². The average molecular weight is 566 g/mol. The van der Waals surface area contributed by atoms with Gasteiger partial charge in [0.05, 0.1) is 23.3 Å². The SMILES string of the molecule is Nc1nc2c(c(=O)n1C(c1ccccc1)c1ccccc1)CCN(C(=O)Oc1ccc(Br)cc1Cl)C2. The number of nitrogens with two attached hydrogens (primary N) is 1. The molecule has 0 radical (unpaired) electrons. The monoisotopic (exact) mass is 564 g/mol. The third-order valence-electron chi connectivity index (χ3n) is 6.13. The summed E-state index contributed by atoms with van der Waals surface area (Å²) in [5.41, 5.74) is 9.05. The zero-order valence-corrected chi connectivity index (χ0v) is 21.4. The first kappa shape index (κ1) is 24.1. The molecule has 1 aromatic heterocycles. The Kier molecular flexibility index (Phi) is 6.80. The number of rotatable bonds is 4. The molecule has 1 amide bonds. The van der Waals surface area contributed by atoms with Crippen LogP contribution in [0.5, 0.6) is 5.75 Å². The molecular weight excluding hydrogens is 544 g/mol. The Morgan fingerprint density at radius 1 is 1.03 bits per heavy atom. The molecule has 1 aliphatic rings. The molecule has 2 N–H and O–H groups in total. The van der Waals surface area contributed by atoms with E-state index in [9.17, 15) is 9.59 Å². The molecule has 9 heteroatoms. The Hall–Kier alpha value is -3.62.